The van der Waals surface area contributed by atoms with Crippen LogP contribution in [0.3, 0.4) is 0 Å². The maximum absolute atomic E-state index is 9.63. The number of ether oxygens (including phenoxy) is 2. The molecule has 4 N–H and O–H groups in total. The molecule has 0 radical (unpaired) electrons. The summed E-state index contributed by atoms with van der Waals surface area (Å²) < 4.78 is 10.1. The smallest absolute Gasteiger partial charge is 0.184 e. The van der Waals surface area contributed by atoms with E-state index >= 15 is 0 Å². The summed E-state index contributed by atoms with van der Waals surface area (Å²) in [5.74, 6) is 0. The Labute approximate surface area is 88.1 Å². The van der Waals surface area contributed by atoms with Crippen molar-refractivity contribution in [1.29, 1.82) is 0 Å². The van der Waals surface area contributed by atoms with E-state index in [2.05, 4.69) is 0 Å². The van der Waals surface area contributed by atoms with Gasteiger partial charge in [0.2, 0.25) is 0 Å². The van der Waals surface area contributed by atoms with Crippen molar-refractivity contribution in [3.05, 3.63) is 0 Å². The summed E-state index contributed by atoms with van der Waals surface area (Å²) in [5.41, 5.74) is 0. The van der Waals surface area contributed by atoms with E-state index < -0.39 is 37.3 Å². The highest BCUT2D eigenvalue weighted by molar-refractivity contribution is 4.89. The minimum absolute atomic E-state index is 0.208. The van der Waals surface area contributed by atoms with Crippen molar-refractivity contribution in [3.63, 3.8) is 0 Å². The molecule has 0 saturated carbocycles. The van der Waals surface area contributed by atoms with Gasteiger partial charge >= 0.3 is 0 Å². The van der Waals surface area contributed by atoms with Gasteiger partial charge in [-0.05, 0) is 13.8 Å². The molecule has 6 heteroatoms. The molecule has 6 nitrogen and oxygen atoms in total. The highest BCUT2D eigenvalue weighted by Gasteiger charge is 2.44. The molecular formula is C9H18O6. The fourth-order valence-corrected chi connectivity index (χ4v) is 1.53. The number of aliphatic hydroxyl groups excluding tert-OH is 4. The molecule has 1 rings (SSSR count). The first-order valence-electron chi connectivity index (χ1n) is 4.93. The van der Waals surface area contributed by atoms with Crippen molar-refractivity contribution in [3.8, 4) is 0 Å². The molecule has 0 aromatic carbocycles. The molecule has 1 aliphatic heterocycles. The van der Waals surface area contributed by atoms with Gasteiger partial charge in [0.05, 0.1) is 12.7 Å². The minimum atomic E-state index is -1.34. The van der Waals surface area contributed by atoms with Gasteiger partial charge in [-0.1, -0.05) is 0 Å². The average molecular weight is 222 g/mol. The summed E-state index contributed by atoms with van der Waals surface area (Å²) in [5, 5.41) is 37.4. The topological polar surface area (TPSA) is 99.4 Å². The van der Waals surface area contributed by atoms with Crippen LogP contribution in [0.2, 0.25) is 0 Å². The Morgan fingerprint density at radius 2 is 1.80 bits per heavy atom. The van der Waals surface area contributed by atoms with E-state index in [9.17, 15) is 15.3 Å². The maximum Gasteiger partial charge on any atom is 0.184 e. The molecule has 1 heterocycles. The van der Waals surface area contributed by atoms with Crippen LogP contribution in [0.5, 0.6) is 0 Å². The number of aliphatic hydroxyl groups is 4. The summed E-state index contributed by atoms with van der Waals surface area (Å²) in [7, 11) is 0. The quantitative estimate of drug-likeness (QED) is 0.450. The van der Waals surface area contributed by atoms with Crippen LogP contribution in [-0.2, 0) is 9.47 Å². The van der Waals surface area contributed by atoms with Crippen LogP contribution >= 0.6 is 0 Å². The zero-order valence-corrected chi connectivity index (χ0v) is 8.78. The van der Waals surface area contributed by atoms with Gasteiger partial charge < -0.3 is 29.9 Å². The van der Waals surface area contributed by atoms with Crippen LogP contribution in [0.1, 0.15) is 13.8 Å². The molecule has 0 amide bonds. The predicted octanol–water partition coefficient (Wildman–Crippen LogP) is -1.79. The number of rotatable bonds is 3. The van der Waals surface area contributed by atoms with E-state index in [1.54, 1.807) is 13.8 Å². The molecule has 0 bridgehead atoms. The monoisotopic (exact) mass is 222 g/mol. The van der Waals surface area contributed by atoms with E-state index in [4.69, 9.17) is 14.6 Å². The molecule has 0 aromatic rings. The van der Waals surface area contributed by atoms with Crippen molar-refractivity contribution < 1.29 is 29.9 Å². The Balaban J connectivity index is 2.66. The average Bonchev–Trinajstić information content (AvgIpc) is 2.18. The highest BCUT2D eigenvalue weighted by atomic mass is 16.7. The standard InChI is InChI=1S/C9H18O6/c1-4(2)14-8-7(12)6(11)5(3-10)15-9(8)13/h4-13H,3H2,1-2H3/t5-,6-,7+,8-,9-/m0/s1. The second-order valence-corrected chi connectivity index (χ2v) is 3.88. The van der Waals surface area contributed by atoms with Crippen LogP contribution in [-0.4, -0.2) is 63.8 Å². The Morgan fingerprint density at radius 1 is 1.20 bits per heavy atom. The minimum Gasteiger partial charge on any atom is -0.394 e. The molecule has 0 aliphatic carbocycles. The molecule has 90 valence electrons. The Morgan fingerprint density at radius 3 is 2.27 bits per heavy atom. The van der Waals surface area contributed by atoms with Crippen molar-refractivity contribution >= 4 is 0 Å². The fourth-order valence-electron chi connectivity index (χ4n) is 1.53. The Bertz CT molecular complexity index is 197. The molecule has 0 aromatic heterocycles. The zero-order chi connectivity index (χ0) is 11.6. The van der Waals surface area contributed by atoms with Gasteiger partial charge in [0.15, 0.2) is 6.29 Å². The first-order chi connectivity index (χ1) is 6.97. The van der Waals surface area contributed by atoms with Crippen molar-refractivity contribution in [2.24, 2.45) is 0 Å². The maximum atomic E-state index is 9.63. The second kappa shape index (κ2) is 5.20. The first kappa shape index (κ1) is 12.8. The van der Waals surface area contributed by atoms with E-state index in [-0.39, 0.29) is 6.10 Å². The molecule has 1 saturated heterocycles. The molecule has 1 fully saturated rings. The van der Waals surface area contributed by atoms with Gasteiger partial charge in [0, 0.05) is 0 Å². The van der Waals surface area contributed by atoms with Gasteiger partial charge in [0.25, 0.3) is 0 Å². The molecule has 15 heavy (non-hydrogen) atoms. The van der Waals surface area contributed by atoms with Crippen molar-refractivity contribution in [1.82, 2.24) is 0 Å². The lowest BCUT2D eigenvalue weighted by molar-refractivity contribution is -0.301. The van der Waals surface area contributed by atoms with Gasteiger partial charge in [-0.2, -0.15) is 0 Å². The second-order valence-electron chi connectivity index (χ2n) is 3.88. The van der Waals surface area contributed by atoms with Crippen molar-refractivity contribution in [2.75, 3.05) is 6.61 Å². The van der Waals surface area contributed by atoms with E-state index in [1.807, 2.05) is 0 Å². The third-order valence-electron chi connectivity index (χ3n) is 2.27. The van der Waals surface area contributed by atoms with E-state index in [0.29, 0.717) is 0 Å². The van der Waals surface area contributed by atoms with E-state index in [0.717, 1.165) is 0 Å². The number of hydrogen-bond acceptors (Lipinski definition) is 6. The summed E-state index contributed by atoms with van der Waals surface area (Å²) >= 11 is 0. The fraction of sp³-hybridized carbons (Fsp3) is 1.00. The third-order valence-corrected chi connectivity index (χ3v) is 2.27. The first-order valence-corrected chi connectivity index (χ1v) is 4.93. The van der Waals surface area contributed by atoms with Gasteiger partial charge in [-0.3, -0.25) is 0 Å². The highest BCUT2D eigenvalue weighted by Crippen LogP contribution is 2.22. The molecular weight excluding hydrogens is 204 g/mol. The molecule has 1 aliphatic rings. The van der Waals surface area contributed by atoms with Crippen LogP contribution < -0.4 is 0 Å². The lowest BCUT2D eigenvalue weighted by Crippen LogP contribution is -2.59. The number of hydrogen-bond donors (Lipinski definition) is 4. The SMILES string of the molecule is CC(C)O[C@H]1[C@H](O)[C@@H](O)[C@H](CO)O[C@@H]1O. The third kappa shape index (κ3) is 2.87. The lowest BCUT2D eigenvalue weighted by Gasteiger charge is -2.40. The van der Waals surface area contributed by atoms with Gasteiger partial charge in [-0.15, -0.1) is 0 Å². The Kier molecular flexibility index (Phi) is 4.45. The molecule has 5 atom stereocenters. The zero-order valence-electron chi connectivity index (χ0n) is 8.78. The van der Waals surface area contributed by atoms with Crippen LogP contribution in [0, 0.1) is 0 Å². The van der Waals surface area contributed by atoms with Crippen LogP contribution in [0.25, 0.3) is 0 Å². The van der Waals surface area contributed by atoms with Gasteiger partial charge in [-0.25, -0.2) is 0 Å². The summed E-state index contributed by atoms with van der Waals surface area (Å²) in [4.78, 5) is 0. The summed E-state index contributed by atoms with van der Waals surface area (Å²) in [6.45, 7) is 3.01. The lowest BCUT2D eigenvalue weighted by atomic mass is 9.99. The molecule has 0 unspecified atom stereocenters. The van der Waals surface area contributed by atoms with Crippen LogP contribution in [0.4, 0.5) is 0 Å². The summed E-state index contributed by atoms with van der Waals surface area (Å²) in [6, 6.07) is 0. The normalized spacial score (nSPS) is 42.2. The predicted molar refractivity (Wildman–Crippen MR) is 50.0 cm³/mol. The largest absolute Gasteiger partial charge is 0.394 e. The van der Waals surface area contributed by atoms with Gasteiger partial charge in [0.1, 0.15) is 24.4 Å². The molecule has 0 spiro atoms. The van der Waals surface area contributed by atoms with E-state index in [1.165, 1.54) is 0 Å². The van der Waals surface area contributed by atoms with Crippen molar-refractivity contribution in [2.45, 2.75) is 50.7 Å². The summed E-state index contributed by atoms with van der Waals surface area (Å²) in [6.07, 6.45) is -6.07. The van der Waals surface area contributed by atoms with Crippen LogP contribution in [0.15, 0.2) is 0 Å². The Hall–Kier alpha value is -0.240.